The van der Waals surface area contributed by atoms with E-state index in [1.54, 1.807) is 4.90 Å². The molecule has 1 aromatic carbocycles. The summed E-state index contributed by atoms with van der Waals surface area (Å²) in [6.07, 6.45) is -3.04. The molecule has 0 spiro atoms. The van der Waals surface area contributed by atoms with E-state index in [0.717, 1.165) is 11.0 Å². The first-order valence-corrected chi connectivity index (χ1v) is 13.5. The first kappa shape index (κ1) is 28.2. The van der Waals surface area contributed by atoms with Crippen molar-refractivity contribution < 1.29 is 57.8 Å². The molecule has 3 rings (SSSR count). The maximum atomic E-state index is 14.9. The van der Waals surface area contributed by atoms with E-state index < -0.39 is 58.5 Å². The molecular formula is C18H26FN4O11P2+. The summed E-state index contributed by atoms with van der Waals surface area (Å²) in [6, 6.07) is 4.15. The second kappa shape index (κ2) is 11.8. The van der Waals surface area contributed by atoms with E-state index in [2.05, 4.69) is 10.1 Å². The zero-order chi connectivity index (χ0) is 26.6. The number of nitrogens with zero attached hydrogens (tertiary/aromatic N) is 3. The van der Waals surface area contributed by atoms with E-state index >= 15 is 0 Å². The molecule has 0 aromatic heterocycles. The van der Waals surface area contributed by atoms with Gasteiger partial charge in [-0.1, -0.05) is 0 Å². The minimum absolute atomic E-state index is 0.0765. The lowest BCUT2D eigenvalue weighted by molar-refractivity contribution is -0.134. The van der Waals surface area contributed by atoms with Gasteiger partial charge in [0.15, 0.2) is 0 Å². The molecule has 2 aliphatic heterocycles. The Balaban J connectivity index is 1.55. The van der Waals surface area contributed by atoms with Crippen LogP contribution in [0.25, 0.3) is 0 Å². The third kappa shape index (κ3) is 6.87. The van der Waals surface area contributed by atoms with Crippen LogP contribution in [0.15, 0.2) is 18.2 Å². The summed E-state index contributed by atoms with van der Waals surface area (Å²) in [5.41, 5.74) is -1.85. The molecule has 2 saturated heterocycles. The van der Waals surface area contributed by atoms with Gasteiger partial charge in [-0.2, -0.15) is 14.7 Å². The molecule has 1 unspecified atom stereocenters. The Labute approximate surface area is 205 Å². The summed E-state index contributed by atoms with van der Waals surface area (Å²) in [4.78, 5) is 85.5. The highest BCUT2D eigenvalue weighted by atomic mass is 31.3. The van der Waals surface area contributed by atoms with Crippen molar-refractivity contribution >= 4 is 45.8 Å². The number of halogens is 1. The van der Waals surface area contributed by atoms with Crippen molar-refractivity contribution in [2.45, 2.75) is 11.7 Å². The maximum Gasteiger partial charge on any atom is 0.457 e. The summed E-state index contributed by atoms with van der Waals surface area (Å²) in [5.74, 6) is -1.00. The molecule has 0 saturated carbocycles. The van der Waals surface area contributed by atoms with Gasteiger partial charge in [0.25, 0.3) is 8.38 Å². The Morgan fingerprint density at radius 3 is 2.44 bits per heavy atom. The first-order valence-electron chi connectivity index (χ1n) is 10.5. The SMILES string of the molecule is O=C(NC[C@H]1CN(c2ccc(N3CCN(C(=O)CO)CC3)c(F)c2)C(=O)O1)OC(P(O)O)[P+](O)(O)O. The average Bonchev–Trinajstić information content (AvgIpc) is 3.20. The number of aliphatic hydroxyl groups excluding tert-OH is 1. The Kier molecular flexibility index (Phi) is 9.19. The van der Waals surface area contributed by atoms with Crippen molar-refractivity contribution in [3.8, 4) is 0 Å². The van der Waals surface area contributed by atoms with Crippen molar-refractivity contribution in [2.75, 3.05) is 55.7 Å². The van der Waals surface area contributed by atoms with E-state index in [0.29, 0.717) is 26.2 Å². The van der Waals surface area contributed by atoms with E-state index in [-0.39, 0.29) is 24.5 Å². The van der Waals surface area contributed by atoms with E-state index in [4.69, 9.17) is 34.3 Å². The van der Waals surface area contributed by atoms with Crippen LogP contribution in [-0.2, 0) is 14.3 Å². The highest BCUT2D eigenvalue weighted by Gasteiger charge is 2.52. The van der Waals surface area contributed by atoms with Crippen LogP contribution in [0.4, 0.5) is 25.4 Å². The number of hydrogen-bond acceptors (Lipinski definition) is 12. The van der Waals surface area contributed by atoms with Crippen LogP contribution in [0.3, 0.4) is 0 Å². The highest BCUT2D eigenvalue weighted by Crippen LogP contribution is 2.61. The number of aliphatic hydroxyl groups is 1. The molecule has 15 nitrogen and oxygen atoms in total. The number of carbonyl (C=O) groups excluding carboxylic acids is 3. The number of benzene rings is 1. The highest BCUT2D eigenvalue weighted by molar-refractivity contribution is 7.71. The quantitative estimate of drug-likeness (QED) is 0.189. The van der Waals surface area contributed by atoms with Gasteiger partial charge in [0.1, 0.15) is 18.5 Å². The minimum atomic E-state index is -4.89. The van der Waals surface area contributed by atoms with Crippen LogP contribution in [0, 0.1) is 5.82 Å². The van der Waals surface area contributed by atoms with Gasteiger partial charge in [-0.15, -0.1) is 0 Å². The fourth-order valence-corrected chi connectivity index (χ4v) is 5.18. The van der Waals surface area contributed by atoms with Crippen LogP contribution >= 0.6 is 16.3 Å². The van der Waals surface area contributed by atoms with Gasteiger partial charge in [-0.25, -0.2) is 14.0 Å². The van der Waals surface area contributed by atoms with Crippen molar-refractivity contribution in [3.05, 3.63) is 24.0 Å². The predicted octanol–water partition coefficient (Wildman–Crippen LogP) is -1.16. The number of cyclic esters (lactones) is 1. The lowest BCUT2D eigenvalue weighted by Gasteiger charge is -2.36. The van der Waals surface area contributed by atoms with Crippen LogP contribution < -0.4 is 15.1 Å². The van der Waals surface area contributed by atoms with Crippen molar-refractivity contribution in [3.63, 3.8) is 0 Å². The molecule has 0 bridgehead atoms. The van der Waals surface area contributed by atoms with Crippen LogP contribution in [-0.4, -0.2) is 110 Å². The minimum Gasteiger partial charge on any atom is -0.442 e. The second-order valence-electron chi connectivity index (χ2n) is 7.83. The molecule has 18 heteroatoms. The zero-order valence-corrected chi connectivity index (χ0v) is 20.5. The topological polar surface area (TPSA) is 213 Å². The van der Waals surface area contributed by atoms with Gasteiger partial charge in [0.05, 0.1) is 24.5 Å². The molecule has 2 aliphatic rings. The largest absolute Gasteiger partial charge is 0.457 e. The number of nitrogens with one attached hydrogen (secondary N) is 1. The summed E-state index contributed by atoms with van der Waals surface area (Å²) in [5, 5.41) is 11.1. The molecule has 0 radical (unpaired) electrons. The average molecular weight is 555 g/mol. The van der Waals surface area contributed by atoms with Crippen LogP contribution in [0.2, 0.25) is 0 Å². The third-order valence-corrected chi connectivity index (χ3v) is 8.15. The molecule has 200 valence electrons. The Morgan fingerprint density at radius 1 is 1.22 bits per heavy atom. The predicted molar refractivity (Wildman–Crippen MR) is 123 cm³/mol. The summed E-state index contributed by atoms with van der Waals surface area (Å²) < 4.78 is 24.4. The summed E-state index contributed by atoms with van der Waals surface area (Å²) in [7, 11) is -8.10. The maximum absolute atomic E-state index is 14.9. The fourth-order valence-electron chi connectivity index (χ4n) is 3.65. The molecule has 3 amide bonds. The zero-order valence-electron chi connectivity index (χ0n) is 18.7. The summed E-state index contributed by atoms with van der Waals surface area (Å²) >= 11 is 0. The molecule has 2 heterocycles. The van der Waals surface area contributed by atoms with Crippen molar-refractivity contribution in [1.82, 2.24) is 10.2 Å². The number of piperazine rings is 1. The fraction of sp³-hybridized carbons (Fsp3) is 0.500. The number of alkyl carbamates (subject to hydrolysis) is 1. The third-order valence-electron chi connectivity index (χ3n) is 5.41. The number of carbonyl (C=O) groups is 3. The normalized spacial score (nSPS) is 19.4. The number of amides is 3. The number of hydrogen-bond donors (Lipinski definition) is 7. The van der Waals surface area contributed by atoms with Gasteiger partial charge in [-0.05, 0) is 18.2 Å². The summed E-state index contributed by atoms with van der Waals surface area (Å²) in [6.45, 7) is 0.397. The number of ether oxygens (including phenoxy) is 2. The van der Waals surface area contributed by atoms with Crippen LogP contribution in [0.1, 0.15) is 0 Å². The molecule has 2 fully saturated rings. The van der Waals surface area contributed by atoms with Gasteiger partial charge >= 0.3 is 25.7 Å². The standard InChI is InChI=1S/C18H25FN4O11P2/c19-13-7-11(1-2-14(13)21-3-5-22(6-4-21)15(25)10-24)23-9-12(33-17(23)27)8-20-16(26)34-18(35(28)29)36(30,31)32/h1-2,7,12,18,24,28-32H,3-6,8-10H2/p+1/t12-,18?/m0/s1. The van der Waals surface area contributed by atoms with Crippen molar-refractivity contribution in [1.29, 1.82) is 0 Å². The molecule has 7 N–H and O–H groups in total. The van der Waals surface area contributed by atoms with Crippen molar-refractivity contribution in [2.24, 2.45) is 0 Å². The Hall–Kier alpha value is -2.42. The molecule has 36 heavy (non-hydrogen) atoms. The van der Waals surface area contributed by atoms with Gasteiger partial charge in [-0.3, -0.25) is 9.69 Å². The van der Waals surface area contributed by atoms with E-state index in [9.17, 15) is 18.8 Å². The second-order valence-corrected chi connectivity index (χ2v) is 11.0. The molecule has 1 aromatic rings. The van der Waals surface area contributed by atoms with E-state index in [1.165, 1.54) is 17.0 Å². The van der Waals surface area contributed by atoms with Gasteiger partial charge < -0.3 is 39.5 Å². The lowest BCUT2D eigenvalue weighted by atomic mass is 10.2. The smallest absolute Gasteiger partial charge is 0.442 e. The van der Waals surface area contributed by atoms with E-state index in [1.807, 2.05) is 0 Å². The number of anilines is 2. The monoisotopic (exact) mass is 555 g/mol. The lowest BCUT2D eigenvalue weighted by Crippen LogP contribution is -2.49. The molecular weight excluding hydrogens is 529 g/mol. The number of rotatable bonds is 8. The van der Waals surface area contributed by atoms with Gasteiger partial charge in [0, 0.05) is 26.2 Å². The Morgan fingerprint density at radius 2 is 1.89 bits per heavy atom. The van der Waals surface area contributed by atoms with Crippen LogP contribution in [0.5, 0.6) is 0 Å². The first-order chi connectivity index (χ1) is 16.9. The molecule has 0 aliphatic carbocycles. The van der Waals surface area contributed by atoms with Gasteiger partial charge in [0.2, 0.25) is 5.91 Å². The molecule has 2 atom stereocenters. The Bertz CT molecular complexity index is 975.